The molecule has 0 amide bonds. The highest BCUT2D eigenvalue weighted by molar-refractivity contribution is 6.36. The predicted molar refractivity (Wildman–Crippen MR) is 96.9 cm³/mol. The van der Waals surface area contributed by atoms with Gasteiger partial charge in [0.1, 0.15) is 0 Å². The van der Waals surface area contributed by atoms with Gasteiger partial charge in [-0.3, -0.25) is 14.3 Å². The highest BCUT2D eigenvalue weighted by atomic mass is 35.5. The first kappa shape index (κ1) is 16.8. The number of hydrogen-bond donors (Lipinski definition) is 1. The van der Waals surface area contributed by atoms with Crippen molar-refractivity contribution in [1.82, 2.24) is 9.55 Å². The van der Waals surface area contributed by atoms with Crippen LogP contribution >= 0.6 is 34.8 Å². The Morgan fingerprint density at radius 3 is 2.12 bits per heavy atom. The first-order valence-corrected chi connectivity index (χ1v) is 8.12. The van der Waals surface area contributed by atoms with Crippen molar-refractivity contribution >= 4 is 34.8 Å². The minimum Gasteiger partial charge on any atom is -0.274 e. The van der Waals surface area contributed by atoms with Crippen LogP contribution in [0.3, 0.4) is 0 Å². The highest BCUT2D eigenvalue weighted by Gasteiger charge is 2.11. The van der Waals surface area contributed by atoms with Gasteiger partial charge < -0.3 is 0 Å². The molecule has 0 aliphatic rings. The molecule has 0 unspecified atom stereocenters. The van der Waals surface area contributed by atoms with Gasteiger partial charge in [0.25, 0.3) is 5.56 Å². The molecule has 3 rings (SSSR count). The largest absolute Gasteiger partial charge is 0.332 e. The molecule has 0 radical (unpaired) electrons. The number of hydrogen-bond acceptors (Lipinski definition) is 2. The van der Waals surface area contributed by atoms with Crippen LogP contribution in [0.5, 0.6) is 0 Å². The van der Waals surface area contributed by atoms with Crippen LogP contribution in [0.25, 0.3) is 5.69 Å². The second-order valence-electron chi connectivity index (χ2n) is 5.17. The zero-order valence-corrected chi connectivity index (χ0v) is 14.5. The molecule has 0 saturated carbocycles. The Kier molecular flexibility index (Phi) is 4.81. The standard InChI is InChI=1S/C17H11Cl3N2O2/c18-11-3-1-10(2-4-11)7-13-14(19)8-12(9-15(13)20)22-6-5-16(23)21-17(22)24/h1-6,8-9H,7H2,(H,21,23,24). The molecule has 1 aromatic heterocycles. The average molecular weight is 382 g/mol. The van der Waals surface area contributed by atoms with E-state index in [1.54, 1.807) is 24.3 Å². The topological polar surface area (TPSA) is 54.9 Å². The fourth-order valence-electron chi connectivity index (χ4n) is 2.32. The maximum absolute atomic E-state index is 11.9. The third-order valence-corrected chi connectivity index (χ3v) is 4.45. The number of aromatic nitrogens is 2. The van der Waals surface area contributed by atoms with E-state index < -0.39 is 11.2 Å². The van der Waals surface area contributed by atoms with Crippen LogP contribution in [0.1, 0.15) is 11.1 Å². The summed E-state index contributed by atoms with van der Waals surface area (Å²) in [6, 6.07) is 11.9. The van der Waals surface area contributed by atoms with Crippen molar-refractivity contribution in [2.45, 2.75) is 6.42 Å². The molecule has 0 spiro atoms. The van der Waals surface area contributed by atoms with Crippen LogP contribution < -0.4 is 11.2 Å². The molecule has 0 aliphatic heterocycles. The summed E-state index contributed by atoms with van der Waals surface area (Å²) in [5, 5.41) is 1.53. The lowest BCUT2D eigenvalue weighted by atomic mass is 10.0. The Morgan fingerprint density at radius 2 is 1.54 bits per heavy atom. The van der Waals surface area contributed by atoms with E-state index >= 15 is 0 Å². The third-order valence-electron chi connectivity index (χ3n) is 3.52. The van der Waals surface area contributed by atoms with Gasteiger partial charge in [0.2, 0.25) is 0 Å². The summed E-state index contributed by atoms with van der Waals surface area (Å²) in [7, 11) is 0. The van der Waals surface area contributed by atoms with E-state index in [-0.39, 0.29) is 0 Å². The summed E-state index contributed by atoms with van der Waals surface area (Å²) >= 11 is 18.6. The van der Waals surface area contributed by atoms with Crippen molar-refractivity contribution in [3.8, 4) is 5.69 Å². The van der Waals surface area contributed by atoms with Gasteiger partial charge in [0.05, 0.1) is 5.69 Å². The van der Waals surface area contributed by atoms with Crippen LogP contribution in [0.15, 0.2) is 58.3 Å². The molecule has 0 saturated heterocycles. The first-order valence-electron chi connectivity index (χ1n) is 6.99. The molecule has 24 heavy (non-hydrogen) atoms. The minimum absolute atomic E-state index is 0.436. The molecular formula is C17H11Cl3N2O2. The average Bonchev–Trinajstić information content (AvgIpc) is 2.52. The lowest BCUT2D eigenvalue weighted by molar-refractivity contribution is 0.895. The molecule has 1 N–H and O–H groups in total. The molecule has 2 aromatic carbocycles. The van der Waals surface area contributed by atoms with Gasteiger partial charge in [0, 0.05) is 33.8 Å². The second kappa shape index (κ2) is 6.85. The summed E-state index contributed by atoms with van der Waals surface area (Å²) in [4.78, 5) is 25.2. The Hall–Kier alpha value is -2.01. The monoisotopic (exact) mass is 380 g/mol. The number of aromatic amines is 1. The summed E-state index contributed by atoms with van der Waals surface area (Å²) < 4.78 is 1.27. The van der Waals surface area contributed by atoms with Crippen LogP contribution in [0.4, 0.5) is 0 Å². The molecule has 0 atom stereocenters. The maximum Gasteiger partial charge on any atom is 0.332 e. The molecule has 0 aliphatic carbocycles. The Morgan fingerprint density at radius 1 is 0.917 bits per heavy atom. The summed E-state index contributed by atoms with van der Waals surface area (Å²) in [6.07, 6.45) is 1.91. The van der Waals surface area contributed by atoms with Gasteiger partial charge in [0.15, 0.2) is 0 Å². The quantitative estimate of drug-likeness (QED) is 0.743. The zero-order valence-electron chi connectivity index (χ0n) is 12.2. The highest BCUT2D eigenvalue weighted by Crippen LogP contribution is 2.30. The van der Waals surface area contributed by atoms with Crippen LogP contribution in [-0.2, 0) is 6.42 Å². The Balaban J connectivity index is 2.01. The normalized spacial score (nSPS) is 10.8. The molecule has 3 aromatic rings. The third kappa shape index (κ3) is 3.56. The number of benzene rings is 2. The van der Waals surface area contributed by atoms with E-state index in [1.807, 2.05) is 12.1 Å². The summed E-state index contributed by atoms with van der Waals surface area (Å²) in [5.41, 5.74) is 1.22. The summed E-state index contributed by atoms with van der Waals surface area (Å²) in [5.74, 6) is 0. The van der Waals surface area contributed by atoms with Crippen molar-refractivity contribution in [1.29, 1.82) is 0 Å². The van der Waals surface area contributed by atoms with Gasteiger partial charge in [-0.1, -0.05) is 46.9 Å². The SMILES string of the molecule is O=c1ccn(-c2cc(Cl)c(Cc3ccc(Cl)cc3)c(Cl)c2)c(=O)[nH]1. The predicted octanol–water partition coefficient (Wildman–Crippen LogP) is 4.08. The number of rotatable bonds is 3. The zero-order chi connectivity index (χ0) is 17.3. The fraction of sp³-hybridized carbons (Fsp3) is 0.0588. The number of H-pyrrole nitrogens is 1. The van der Waals surface area contributed by atoms with Crippen molar-refractivity contribution in [2.75, 3.05) is 0 Å². The number of nitrogens with one attached hydrogen (secondary N) is 1. The van der Waals surface area contributed by atoms with Crippen LogP contribution in [0, 0.1) is 0 Å². The number of halogens is 3. The molecule has 122 valence electrons. The van der Waals surface area contributed by atoms with E-state index in [1.165, 1.54) is 16.8 Å². The minimum atomic E-state index is -0.555. The van der Waals surface area contributed by atoms with Crippen molar-refractivity contribution in [3.63, 3.8) is 0 Å². The van der Waals surface area contributed by atoms with Gasteiger partial charge in [-0.25, -0.2) is 4.79 Å². The van der Waals surface area contributed by atoms with Gasteiger partial charge >= 0.3 is 5.69 Å². The number of nitrogens with zero attached hydrogens (tertiary/aromatic N) is 1. The maximum atomic E-state index is 11.9. The van der Waals surface area contributed by atoms with Crippen molar-refractivity contribution in [2.24, 2.45) is 0 Å². The Bertz CT molecular complexity index is 984. The van der Waals surface area contributed by atoms with Gasteiger partial charge in [-0.05, 0) is 35.4 Å². The van der Waals surface area contributed by atoms with E-state index in [0.717, 1.165) is 11.1 Å². The molecule has 0 bridgehead atoms. The fourth-order valence-corrected chi connectivity index (χ4v) is 3.06. The van der Waals surface area contributed by atoms with Gasteiger partial charge in [-0.2, -0.15) is 0 Å². The molecule has 0 fully saturated rings. The second-order valence-corrected chi connectivity index (χ2v) is 6.42. The van der Waals surface area contributed by atoms with E-state index in [4.69, 9.17) is 34.8 Å². The van der Waals surface area contributed by atoms with Crippen LogP contribution in [-0.4, -0.2) is 9.55 Å². The molecular weight excluding hydrogens is 371 g/mol. The molecule has 7 heteroatoms. The molecule has 1 heterocycles. The van der Waals surface area contributed by atoms with Gasteiger partial charge in [-0.15, -0.1) is 0 Å². The summed E-state index contributed by atoms with van der Waals surface area (Å²) in [6.45, 7) is 0. The van der Waals surface area contributed by atoms with E-state index in [0.29, 0.717) is 27.2 Å². The smallest absolute Gasteiger partial charge is 0.274 e. The lowest BCUT2D eigenvalue weighted by Gasteiger charge is -2.11. The molecule has 4 nitrogen and oxygen atoms in total. The van der Waals surface area contributed by atoms with E-state index in [2.05, 4.69) is 4.98 Å². The van der Waals surface area contributed by atoms with E-state index in [9.17, 15) is 9.59 Å². The lowest BCUT2D eigenvalue weighted by Crippen LogP contribution is -2.27. The van der Waals surface area contributed by atoms with Crippen molar-refractivity contribution in [3.05, 3.63) is 95.7 Å². The Labute approximate surface area is 152 Å². The van der Waals surface area contributed by atoms with Crippen LogP contribution in [0.2, 0.25) is 15.1 Å². The first-order chi connectivity index (χ1) is 11.4. The van der Waals surface area contributed by atoms with Crippen molar-refractivity contribution < 1.29 is 0 Å².